The van der Waals surface area contributed by atoms with Gasteiger partial charge in [0.1, 0.15) is 5.69 Å². The molecule has 3 nitrogen and oxygen atoms in total. The van der Waals surface area contributed by atoms with E-state index in [1.165, 1.54) is 12.3 Å². The molecule has 0 fully saturated rings. The molecule has 0 spiro atoms. The van der Waals surface area contributed by atoms with Crippen LogP contribution in [0, 0.1) is 0 Å². The number of hydrogen-bond acceptors (Lipinski definition) is 3. The molecule has 96 valence electrons. The summed E-state index contributed by atoms with van der Waals surface area (Å²) >= 11 is 0. The standard InChI is InChI=1S/C11H15F3N2O/c1-10(2,3)17-16-7-8-4-5-9(15-6-8)11(12,13)14/h4-6,16H,7H2,1-3H3. The van der Waals surface area contributed by atoms with Crippen molar-refractivity contribution < 1.29 is 18.0 Å². The highest BCUT2D eigenvalue weighted by molar-refractivity contribution is 5.15. The van der Waals surface area contributed by atoms with Gasteiger partial charge in [-0.2, -0.15) is 18.7 Å². The highest BCUT2D eigenvalue weighted by atomic mass is 19.4. The molecule has 1 aromatic rings. The Bertz CT molecular complexity index is 354. The maximum atomic E-state index is 12.2. The number of nitrogens with zero attached hydrogens (tertiary/aromatic N) is 1. The van der Waals surface area contributed by atoms with Crippen molar-refractivity contribution in [3.63, 3.8) is 0 Å². The Morgan fingerprint density at radius 1 is 1.24 bits per heavy atom. The molecule has 1 aromatic heterocycles. The van der Waals surface area contributed by atoms with Crippen molar-refractivity contribution in [2.45, 2.75) is 39.1 Å². The van der Waals surface area contributed by atoms with E-state index in [1.807, 2.05) is 20.8 Å². The third-order valence-electron chi connectivity index (χ3n) is 1.77. The van der Waals surface area contributed by atoms with Gasteiger partial charge in [-0.1, -0.05) is 6.07 Å². The number of hydrogen-bond donors (Lipinski definition) is 1. The lowest BCUT2D eigenvalue weighted by atomic mass is 10.2. The van der Waals surface area contributed by atoms with E-state index in [0.29, 0.717) is 12.1 Å². The molecule has 6 heteroatoms. The molecule has 0 radical (unpaired) electrons. The van der Waals surface area contributed by atoms with Crippen molar-refractivity contribution in [2.24, 2.45) is 0 Å². The van der Waals surface area contributed by atoms with Crippen LogP contribution < -0.4 is 5.48 Å². The molecular formula is C11H15F3N2O. The minimum Gasteiger partial charge on any atom is -0.296 e. The number of nitrogens with one attached hydrogen (secondary N) is 1. The van der Waals surface area contributed by atoms with Crippen molar-refractivity contribution in [3.8, 4) is 0 Å². The quantitative estimate of drug-likeness (QED) is 0.835. The van der Waals surface area contributed by atoms with Crippen molar-refractivity contribution in [2.75, 3.05) is 0 Å². The van der Waals surface area contributed by atoms with E-state index in [4.69, 9.17) is 4.84 Å². The first kappa shape index (κ1) is 13.9. The Balaban J connectivity index is 2.52. The summed E-state index contributed by atoms with van der Waals surface area (Å²) < 4.78 is 36.7. The average Bonchev–Trinajstić information content (AvgIpc) is 2.15. The number of rotatable bonds is 3. The Labute approximate surface area is 98.0 Å². The molecule has 1 N–H and O–H groups in total. The molecule has 0 aliphatic heterocycles. The van der Waals surface area contributed by atoms with Gasteiger partial charge < -0.3 is 0 Å². The summed E-state index contributed by atoms with van der Waals surface area (Å²) in [6.45, 7) is 5.91. The fourth-order valence-corrected chi connectivity index (χ4v) is 1.03. The molecule has 0 saturated heterocycles. The Morgan fingerprint density at radius 3 is 2.29 bits per heavy atom. The fourth-order valence-electron chi connectivity index (χ4n) is 1.03. The lowest BCUT2D eigenvalue weighted by Gasteiger charge is -2.19. The van der Waals surface area contributed by atoms with Crippen molar-refractivity contribution in [3.05, 3.63) is 29.6 Å². The van der Waals surface area contributed by atoms with E-state index in [-0.39, 0.29) is 5.60 Å². The van der Waals surface area contributed by atoms with Gasteiger partial charge in [-0.25, -0.2) is 0 Å². The van der Waals surface area contributed by atoms with Crippen molar-refractivity contribution in [1.29, 1.82) is 0 Å². The molecule has 0 aromatic carbocycles. The number of halogens is 3. The van der Waals surface area contributed by atoms with Crippen LogP contribution in [-0.2, 0) is 17.6 Å². The largest absolute Gasteiger partial charge is 0.433 e. The summed E-state index contributed by atoms with van der Waals surface area (Å²) in [5.41, 5.74) is 2.07. The number of aromatic nitrogens is 1. The van der Waals surface area contributed by atoms with E-state index in [9.17, 15) is 13.2 Å². The van der Waals surface area contributed by atoms with E-state index in [2.05, 4.69) is 10.5 Å². The first-order chi connectivity index (χ1) is 7.68. The first-order valence-corrected chi connectivity index (χ1v) is 5.11. The second kappa shape index (κ2) is 5.01. The van der Waals surface area contributed by atoms with Gasteiger partial charge in [0.15, 0.2) is 0 Å². The van der Waals surface area contributed by atoms with Crippen LogP contribution in [0.5, 0.6) is 0 Å². The third kappa shape index (κ3) is 5.14. The summed E-state index contributed by atoms with van der Waals surface area (Å²) in [5, 5.41) is 0. The zero-order chi connectivity index (χ0) is 13.1. The van der Waals surface area contributed by atoms with Crippen LogP contribution in [0.2, 0.25) is 0 Å². The molecule has 0 unspecified atom stereocenters. The molecule has 0 atom stereocenters. The minimum absolute atomic E-state index is 0.308. The number of alkyl halides is 3. The molecule has 0 aliphatic carbocycles. The Kier molecular flexibility index (Phi) is 4.11. The van der Waals surface area contributed by atoms with Gasteiger partial charge in [0.05, 0.1) is 5.60 Å². The molecule has 17 heavy (non-hydrogen) atoms. The van der Waals surface area contributed by atoms with Gasteiger partial charge in [0.2, 0.25) is 0 Å². The third-order valence-corrected chi connectivity index (χ3v) is 1.77. The van der Waals surface area contributed by atoms with Gasteiger partial charge in [-0.3, -0.25) is 9.82 Å². The van der Waals surface area contributed by atoms with E-state index >= 15 is 0 Å². The van der Waals surface area contributed by atoms with Crippen LogP contribution in [0.4, 0.5) is 13.2 Å². The highest BCUT2D eigenvalue weighted by Gasteiger charge is 2.31. The monoisotopic (exact) mass is 248 g/mol. The van der Waals surface area contributed by atoms with Gasteiger partial charge >= 0.3 is 6.18 Å². The minimum atomic E-state index is -4.39. The Morgan fingerprint density at radius 2 is 1.88 bits per heavy atom. The lowest BCUT2D eigenvalue weighted by molar-refractivity contribution is -0.141. The normalized spacial score (nSPS) is 12.8. The van der Waals surface area contributed by atoms with Crippen LogP contribution in [0.1, 0.15) is 32.0 Å². The van der Waals surface area contributed by atoms with Crippen molar-refractivity contribution in [1.82, 2.24) is 10.5 Å². The van der Waals surface area contributed by atoms with Crippen LogP contribution in [0.3, 0.4) is 0 Å². The molecule has 1 rings (SSSR count). The van der Waals surface area contributed by atoms with Gasteiger partial charge in [0, 0.05) is 12.7 Å². The second-order valence-electron chi connectivity index (χ2n) is 4.58. The summed E-state index contributed by atoms with van der Waals surface area (Å²) in [6.07, 6.45) is -3.21. The van der Waals surface area contributed by atoms with Crippen LogP contribution in [0.25, 0.3) is 0 Å². The molecule has 0 aliphatic rings. The van der Waals surface area contributed by atoms with Crippen LogP contribution in [-0.4, -0.2) is 10.6 Å². The van der Waals surface area contributed by atoms with Crippen LogP contribution >= 0.6 is 0 Å². The molecule has 1 heterocycles. The summed E-state index contributed by atoms with van der Waals surface area (Å²) in [5.74, 6) is 0. The lowest BCUT2D eigenvalue weighted by Crippen LogP contribution is -2.28. The maximum Gasteiger partial charge on any atom is 0.433 e. The number of pyridine rings is 1. The topological polar surface area (TPSA) is 34.1 Å². The molecular weight excluding hydrogens is 233 g/mol. The zero-order valence-corrected chi connectivity index (χ0v) is 9.93. The van der Waals surface area contributed by atoms with Gasteiger partial charge in [-0.05, 0) is 32.4 Å². The predicted molar refractivity (Wildman–Crippen MR) is 56.9 cm³/mol. The van der Waals surface area contributed by atoms with Crippen molar-refractivity contribution >= 4 is 0 Å². The smallest absolute Gasteiger partial charge is 0.296 e. The fraction of sp³-hybridized carbons (Fsp3) is 0.545. The number of hydroxylamine groups is 1. The summed E-state index contributed by atoms with van der Waals surface area (Å²) in [7, 11) is 0. The second-order valence-corrected chi connectivity index (χ2v) is 4.58. The van der Waals surface area contributed by atoms with Gasteiger partial charge in [-0.15, -0.1) is 0 Å². The average molecular weight is 248 g/mol. The predicted octanol–water partition coefficient (Wildman–Crippen LogP) is 2.92. The summed E-state index contributed by atoms with van der Waals surface area (Å²) in [4.78, 5) is 8.58. The molecule has 0 bridgehead atoms. The first-order valence-electron chi connectivity index (χ1n) is 5.11. The molecule has 0 saturated carbocycles. The summed E-state index contributed by atoms with van der Waals surface area (Å²) in [6, 6.07) is 2.32. The van der Waals surface area contributed by atoms with E-state index < -0.39 is 11.9 Å². The zero-order valence-electron chi connectivity index (χ0n) is 9.93. The molecule has 0 amide bonds. The van der Waals surface area contributed by atoms with Crippen LogP contribution in [0.15, 0.2) is 18.3 Å². The maximum absolute atomic E-state index is 12.2. The van der Waals surface area contributed by atoms with E-state index in [1.54, 1.807) is 0 Å². The highest BCUT2D eigenvalue weighted by Crippen LogP contribution is 2.27. The SMILES string of the molecule is CC(C)(C)ONCc1ccc(C(F)(F)F)nc1. The Hall–Kier alpha value is -1.14. The van der Waals surface area contributed by atoms with E-state index in [0.717, 1.165) is 6.07 Å². The van der Waals surface area contributed by atoms with Gasteiger partial charge in [0.25, 0.3) is 0 Å².